The summed E-state index contributed by atoms with van der Waals surface area (Å²) in [5, 5.41) is 9.76. The van der Waals surface area contributed by atoms with Gasteiger partial charge in [0.1, 0.15) is 0 Å². The van der Waals surface area contributed by atoms with Crippen LogP contribution < -0.4 is 0 Å². The van der Waals surface area contributed by atoms with E-state index in [0.29, 0.717) is 13.2 Å². The number of ether oxygens (including phenoxy) is 2. The van der Waals surface area contributed by atoms with E-state index in [-0.39, 0.29) is 6.42 Å². The summed E-state index contributed by atoms with van der Waals surface area (Å²) in [6, 6.07) is 0. The molecule has 5 nitrogen and oxygen atoms in total. The molecule has 0 aliphatic carbocycles. The number of hydrogen-bond acceptors (Lipinski definition) is 5. The van der Waals surface area contributed by atoms with Crippen molar-refractivity contribution in [2.45, 2.75) is 129 Å². The van der Waals surface area contributed by atoms with Crippen molar-refractivity contribution in [3.05, 3.63) is 0 Å². The van der Waals surface area contributed by atoms with Crippen molar-refractivity contribution in [1.29, 1.82) is 0 Å². The van der Waals surface area contributed by atoms with E-state index in [1.54, 1.807) is 0 Å². The van der Waals surface area contributed by atoms with Gasteiger partial charge in [-0.15, -0.1) is 0 Å². The zero-order valence-corrected chi connectivity index (χ0v) is 19.1. The maximum atomic E-state index is 11.7. The van der Waals surface area contributed by atoms with E-state index < -0.39 is 18.0 Å². The Kier molecular flexibility index (Phi) is 20.8. The van der Waals surface area contributed by atoms with E-state index in [2.05, 4.69) is 13.8 Å². The molecule has 5 heteroatoms. The monoisotopic (exact) mass is 414 g/mol. The highest BCUT2D eigenvalue weighted by molar-refractivity contribution is 5.81. The minimum Gasteiger partial charge on any atom is -0.466 e. The van der Waals surface area contributed by atoms with Gasteiger partial charge in [-0.05, 0) is 12.8 Å². The van der Waals surface area contributed by atoms with E-state index >= 15 is 0 Å². The van der Waals surface area contributed by atoms with Gasteiger partial charge in [0.05, 0.1) is 19.6 Å². The van der Waals surface area contributed by atoms with Gasteiger partial charge >= 0.3 is 11.9 Å². The fourth-order valence-electron chi connectivity index (χ4n) is 3.23. The molecular formula is C24H46O5. The lowest BCUT2D eigenvalue weighted by Gasteiger charge is -2.11. The third kappa shape index (κ3) is 20.0. The Bertz CT molecular complexity index is 383. The third-order valence-corrected chi connectivity index (χ3v) is 5.14. The maximum Gasteiger partial charge on any atom is 0.335 e. The molecule has 0 bridgehead atoms. The van der Waals surface area contributed by atoms with Crippen LogP contribution in [0, 0.1) is 0 Å². The summed E-state index contributed by atoms with van der Waals surface area (Å²) in [6.45, 7) is 5.06. The van der Waals surface area contributed by atoms with E-state index in [4.69, 9.17) is 9.47 Å². The molecule has 0 aliphatic rings. The second kappa shape index (κ2) is 21.6. The molecule has 0 aliphatic heterocycles. The Morgan fingerprint density at radius 3 is 1.45 bits per heavy atom. The molecular weight excluding hydrogens is 368 g/mol. The molecule has 172 valence electrons. The predicted molar refractivity (Wildman–Crippen MR) is 118 cm³/mol. The second-order valence-corrected chi connectivity index (χ2v) is 8.06. The van der Waals surface area contributed by atoms with Gasteiger partial charge in [-0.25, -0.2) is 4.79 Å². The Morgan fingerprint density at radius 2 is 1.00 bits per heavy atom. The Balaban J connectivity index is 3.48. The van der Waals surface area contributed by atoms with Gasteiger partial charge in [-0.1, -0.05) is 104 Å². The molecule has 0 aromatic rings. The highest BCUT2D eigenvalue weighted by Crippen LogP contribution is 2.11. The number of esters is 2. The number of rotatable bonds is 21. The maximum absolute atomic E-state index is 11.7. The summed E-state index contributed by atoms with van der Waals surface area (Å²) in [7, 11) is 0. The van der Waals surface area contributed by atoms with Crippen LogP contribution >= 0.6 is 0 Å². The van der Waals surface area contributed by atoms with Crippen LogP contribution in [-0.2, 0) is 19.1 Å². The smallest absolute Gasteiger partial charge is 0.335 e. The predicted octanol–water partition coefficient (Wildman–Crippen LogP) is 6.11. The van der Waals surface area contributed by atoms with Crippen molar-refractivity contribution in [3.8, 4) is 0 Å². The molecule has 0 aromatic heterocycles. The number of aliphatic hydroxyl groups excluding tert-OH is 1. The summed E-state index contributed by atoms with van der Waals surface area (Å²) in [5.74, 6) is -1.26. The van der Waals surface area contributed by atoms with Crippen molar-refractivity contribution in [3.63, 3.8) is 0 Å². The van der Waals surface area contributed by atoms with Crippen molar-refractivity contribution >= 4 is 11.9 Å². The van der Waals surface area contributed by atoms with Crippen LogP contribution in [0.15, 0.2) is 0 Å². The van der Waals surface area contributed by atoms with Gasteiger partial charge in [0, 0.05) is 0 Å². The first-order valence-corrected chi connectivity index (χ1v) is 12.1. The summed E-state index contributed by atoms with van der Waals surface area (Å²) in [4.78, 5) is 23.4. The lowest BCUT2D eigenvalue weighted by Crippen LogP contribution is -2.27. The van der Waals surface area contributed by atoms with Crippen LogP contribution in [0.3, 0.4) is 0 Å². The normalized spacial score (nSPS) is 12.0. The van der Waals surface area contributed by atoms with Gasteiger partial charge in [0.15, 0.2) is 6.10 Å². The van der Waals surface area contributed by atoms with Crippen molar-refractivity contribution in [1.82, 2.24) is 0 Å². The van der Waals surface area contributed by atoms with Crippen LogP contribution in [0.4, 0.5) is 0 Å². The first-order valence-electron chi connectivity index (χ1n) is 12.1. The molecule has 1 unspecified atom stereocenters. The number of aliphatic hydroxyl groups is 1. The molecule has 0 radical (unpaired) electrons. The minimum absolute atomic E-state index is 0.301. The largest absolute Gasteiger partial charge is 0.466 e. The quantitative estimate of drug-likeness (QED) is 0.181. The summed E-state index contributed by atoms with van der Waals surface area (Å²) in [5.41, 5.74) is 0. The SMILES string of the molecule is CCCCCCCCCCCCOC(=O)CC(O)C(=O)OCCCCCCCC. The molecule has 0 amide bonds. The lowest BCUT2D eigenvalue weighted by atomic mass is 10.1. The summed E-state index contributed by atoms with van der Waals surface area (Å²) < 4.78 is 10.1. The molecule has 0 fully saturated rings. The van der Waals surface area contributed by atoms with Gasteiger partial charge in [-0.2, -0.15) is 0 Å². The highest BCUT2D eigenvalue weighted by atomic mass is 16.6. The standard InChI is InChI=1S/C24H46O5/c1-3-5-7-9-11-12-13-14-16-17-19-28-23(26)21-22(25)24(27)29-20-18-15-10-8-6-4-2/h22,25H,3-21H2,1-2H3. The molecule has 0 heterocycles. The second-order valence-electron chi connectivity index (χ2n) is 8.06. The van der Waals surface area contributed by atoms with E-state index in [1.807, 2.05) is 0 Å². The van der Waals surface area contributed by atoms with Crippen molar-refractivity contribution in [2.75, 3.05) is 13.2 Å². The Hall–Kier alpha value is -1.10. The number of hydrogen-bond donors (Lipinski definition) is 1. The topological polar surface area (TPSA) is 72.8 Å². The van der Waals surface area contributed by atoms with Gasteiger partial charge in [0.2, 0.25) is 0 Å². The van der Waals surface area contributed by atoms with E-state index in [9.17, 15) is 14.7 Å². The lowest BCUT2D eigenvalue weighted by molar-refractivity contribution is -0.160. The Morgan fingerprint density at radius 1 is 0.621 bits per heavy atom. The first kappa shape index (κ1) is 27.9. The number of unbranched alkanes of at least 4 members (excludes halogenated alkanes) is 14. The average Bonchev–Trinajstić information content (AvgIpc) is 2.71. The molecule has 0 saturated heterocycles. The fourth-order valence-corrected chi connectivity index (χ4v) is 3.23. The molecule has 1 N–H and O–H groups in total. The third-order valence-electron chi connectivity index (χ3n) is 5.14. The molecule has 1 atom stereocenters. The summed E-state index contributed by atoms with van der Waals surface area (Å²) in [6.07, 6.45) is 17.1. The molecule has 0 rings (SSSR count). The van der Waals surface area contributed by atoms with Gasteiger partial charge < -0.3 is 14.6 Å². The van der Waals surface area contributed by atoms with Crippen molar-refractivity contribution in [2.24, 2.45) is 0 Å². The highest BCUT2D eigenvalue weighted by Gasteiger charge is 2.21. The Labute approximate surface area is 178 Å². The van der Waals surface area contributed by atoms with Crippen LogP contribution in [0.5, 0.6) is 0 Å². The van der Waals surface area contributed by atoms with Crippen LogP contribution in [-0.4, -0.2) is 36.4 Å². The van der Waals surface area contributed by atoms with Gasteiger partial charge in [-0.3, -0.25) is 4.79 Å². The van der Waals surface area contributed by atoms with Crippen LogP contribution in [0.1, 0.15) is 123 Å². The minimum atomic E-state index is -1.42. The van der Waals surface area contributed by atoms with E-state index in [0.717, 1.165) is 32.1 Å². The van der Waals surface area contributed by atoms with Gasteiger partial charge in [0.25, 0.3) is 0 Å². The fraction of sp³-hybridized carbons (Fsp3) is 0.917. The zero-order chi connectivity index (χ0) is 21.6. The first-order chi connectivity index (χ1) is 14.1. The molecule has 0 aromatic carbocycles. The van der Waals surface area contributed by atoms with Crippen LogP contribution in [0.2, 0.25) is 0 Å². The average molecular weight is 415 g/mol. The molecule has 0 saturated carbocycles. The van der Waals surface area contributed by atoms with Crippen LogP contribution in [0.25, 0.3) is 0 Å². The zero-order valence-electron chi connectivity index (χ0n) is 19.1. The summed E-state index contributed by atoms with van der Waals surface area (Å²) >= 11 is 0. The molecule has 0 spiro atoms. The number of carbonyl (C=O) groups is 2. The molecule has 29 heavy (non-hydrogen) atoms. The van der Waals surface area contributed by atoms with E-state index in [1.165, 1.54) is 70.6 Å². The number of carbonyl (C=O) groups excluding carboxylic acids is 2. The van der Waals surface area contributed by atoms with Crippen molar-refractivity contribution < 1.29 is 24.2 Å².